The number of rotatable bonds is 8. The number of hydrogen-bond acceptors (Lipinski definition) is 4. The van der Waals surface area contributed by atoms with Crippen molar-refractivity contribution in [1.29, 1.82) is 0 Å². The van der Waals surface area contributed by atoms with Crippen molar-refractivity contribution in [3.8, 4) is 5.75 Å². The van der Waals surface area contributed by atoms with Crippen LogP contribution in [-0.2, 0) is 4.79 Å². The Balaban J connectivity index is 2.58. The van der Waals surface area contributed by atoms with Crippen LogP contribution in [0.4, 0.5) is 0 Å². The van der Waals surface area contributed by atoms with E-state index >= 15 is 0 Å². The predicted molar refractivity (Wildman–Crippen MR) is 73.6 cm³/mol. The number of benzene rings is 1. The van der Waals surface area contributed by atoms with E-state index in [0.717, 1.165) is 5.56 Å². The van der Waals surface area contributed by atoms with Crippen LogP contribution in [0.1, 0.15) is 37.9 Å². The van der Waals surface area contributed by atoms with E-state index in [1.165, 1.54) is 0 Å². The molecule has 0 aliphatic rings. The van der Waals surface area contributed by atoms with Crippen molar-refractivity contribution in [2.24, 2.45) is 11.5 Å². The molecule has 1 aromatic rings. The summed E-state index contributed by atoms with van der Waals surface area (Å²) in [4.78, 5) is 10.7. The van der Waals surface area contributed by atoms with Gasteiger partial charge in [0.1, 0.15) is 5.75 Å². The Bertz CT molecular complexity index is 409. The summed E-state index contributed by atoms with van der Waals surface area (Å²) < 4.78 is 5.68. The van der Waals surface area contributed by atoms with Crippen LogP contribution < -0.4 is 16.2 Å². The zero-order valence-corrected chi connectivity index (χ0v) is 11.2. The number of ether oxygens (including phenoxy) is 1. The largest absolute Gasteiger partial charge is 0.491 e. The third kappa shape index (κ3) is 5.72. The molecule has 1 aromatic carbocycles. The van der Waals surface area contributed by atoms with E-state index in [-0.39, 0.29) is 12.0 Å². The first-order chi connectivity index (χ1) is 9.02. The van der Waals surface area contributed by atoms with Gasteiger partial charge in [0.15, 0.2) is 0 Å². The van der Waals surface area contributed by atoms with Crippen LogP contribution in [0, 0.1) is 0 Å². The Morgan fingerprint density at radius 3 is 2.79 bits per heavy atom. The third-order valence-electron chi connectivity index (χ3n) is 2.82. The number of aliphatic hydroxyl groups excluding tert-OH is 1. The average Bonchev–Trinajstić information content (AvgIpc) is 2.37. The molecule has 0 aliphatic carbocycles. The molecule has 0 fully saturated rings. The summed E-state index contributed by atoms with van der Waals surface area (Å²) in [6, 6.07) is 7.27. The maximum absolute atomic E-state index is 10.7. The molecule has 5 nitrogen and oxygen atoms in total. The zero-order valence-electron chi connectivity index (χ0n) is 11.2. The summed E-state index contributed by atoms with van der Waals surface area (Å²) in [6.45, 7) is 2.31. The molecule has 0 radical (unpaired) electrons. The quantitative estimate of drug-likeness (QED) is 0.656. The standard InChI is InChI=1S/C14H22N2O3/c1-10(5-6-14(16)18)19-12-4-2-3-11(9-12)13(17)7-8-15/h2-4,9-10,13,17H,5-8,15H2,1H3,(H2,16,18). The molecule has 106 valence electrons. The molecular weight excluding hydrogens is 244 g/mol. The Kier molecular flexibility index (Phi) is 6.32. The smallest absolute Gasteiger partial charge is 0.217 e. The second-order valence-electron chi connectivity index (χ2n) is 4.60. The number of hydrogen-bond donors (Lipinski definition) is 3. The first-order valence-electron chi connectivity index (χ1n) is 6.46. The first-order valence-corrected chi connectivity index (χ1v) is 6.46. The van der Waals surface area contributed by atoms with Crippen molar-refractivity contribution in [2.75, 3.05) is 6.54 Å². The van der Waals surface area contributed by atoms with Crippen molar-refractivity contribution in [3.63, 3.8) is 0 Å². The number of carbonyl (C=O) groups is 1. The maximum Gasteiger partial charge on any atom is 0.217 e. The van der Waals surface area contributed by atoms with Crippen molar-refractivity contribution in [3.05, 3.63) is 29.8 Å². The number of nitrogens with two attached hydrogens (primary N) is 2. The lowest BCUT2D eigenvalue weighted by Crippen LogP contribution is -2.17. The fourth-order valence-corrected chi connectivity index (χ4v) is 1.76. The third-order valence-corrected chi connectivity index (χ3v) is 2.82. The van der Waals surface area contributed by atoms with Gasteiger partial charge in [-0.25, -0.2) is 0 Å². The summed E-state index contributed by atoms with van der Waals surface area (Å²) in [6.07, 6.45) is 0.714. The first kappa shape index (κ1) is 15.5. The molecule has 0 heterocycles. The Morgan fingerprint density at radius 2 is 2.16 bits per heavy atom. The van der Waals surface area contributed by atoms with E-state index < -0.39 is 6.10 Å². The molecule has 0 saturated heterocycles. The van der Waals surface area contributed by atoms with E-state index in [0.29, 0.717) is 31.6 Å². The Morgan fingerprint density at radius 1 is 1.42 bits per heavy atom. The minimum atomic E-state index is -0.575. The molecule has 2 unspecified atom stereocenters. The van der Waals surface area contributed by atoms with Crippen LogP contribution >= 0.6 is 0 Å². The molecule has 2 atom stereocenters. The summed E-state index contributed by atoms with van der Waals surface area (Å²) in [7, 11) is 0. The van der Waals surface area contributed by atoms with Crippen molar-refractivity contribution in [1.82, 2.24) is 0 Å². The lowest BCUT2D eigenvalue weighted by molar-refractivity contribution is -0.118. The second-order valence-corrected chi connectivity index (χ2v) is 4.60. The van der Waals surface area contributed by atoms with Crippen LogP contribution in [0.2, 0.25) is 0 Å². The fraction of sp³-hybridized carbons (Fsp3) is 0.500. The van der Waals surface area contributed by atoms with E-state index in [1.807, 2.05) is 25.1 Å². The van der Waals surface area contributed by atoms with Gasteiger partial charge in [0.05, 0.1) is 12.2 Å². The van der Waals surface area contributed by atoms with Crippen LogP contribution in [0.25, 0.3) is 0 Å². The monoisotopic (exact) mass is 266 g/mol. The van der Waals surface area contributed by atoms with Gasteiger partial charge in [0, 0.05) is 6.42 Å². The Hall–Kier alpha value is -1.59. The minimum absolute atomic E-state index is 0.102. The predicted octanol–water partition coefficient (Wildman–Crippen LogP) is 1.10. The van der Waals surface area contributed by atoms with Crippen molar-refractivity contribution >= 4 is 5.91 Å². The highest BCUT2D eigenvalue weighted by Crippen LogP contribution is 2.22. The van der Waals surface area contributed by atoms with Gasteiger partial charge in [-0.15, -0.1) is 0 Å². The lowest BCUT2D eigenvalue weighted by Gasteiger charge is -2.16. The molecule has 19 heavy (non-hydrogen) atoms. The molecule has 5 heteroatoms. The second kappa shape index (κ2) is 7.76. The molecule has 0 bridgehead atoms. The number of amides is 1. The maximum atomic E-state index is 10.7. The molecule has 1 amide bonds. The topological polar surface area (TPSA) is 98.6 Å². The van der Waals surface area contributed by atoms with Gasteiger partial charge in [-0.2, -0.15) is 0 Å². The van der Waals surface area contributed by atoms with E-state index in [9.17, 15) is 9.90 Å². The molecular formula is C14H22N2O3. The van der Waals surface area contributed by atoms with E-state index in [1.54, 1.807) is 6.07 Å². The van der Waals surface area contributed by atoms with Gasteiger partial charge in [-0.1, -0.05) is 12.1 Å². The molecule has 0 spiro atoms. The van der Waals surface area contributed by atoms with Crippen molar-refractivity contribution in [2.45, 2.75) is 38.4 Å². The van der Waals surface area contributed by atoms with Gasteiger partial charge in [-0.3, -0.25) is 4.79 Å². The molecule has 1 rings (SSSR count). The van der Waals surface area contributed by atoms with Crippen LogP contribution in [0.15, 0.2) is 24.3 Å². The molecule has 0 saturated carbocycles. The summed E-state index contributed by atoms with van der Waals surface area (Å²) >= 11 is 0. The lowest BCUT2D eigenvalue weighted by atomic mass is 10.1. The SMILES string of the molecule is CC(CCC(N)=O)Oc1cccc(C(O)CCN)c1. The van der Waals surface area contributed by atoms with Gasteiger partial charge < -0.3 is 21.3 Å². The fourth-order valence-electron chi connectivity index (χ4n) is 1.76. The summed E-state index contributed by atoms with van der Waals surface area (Å²) in [5.74, 6) is 0.341. The van der Waals surface area contributed by atoms with Gasteiger partial charge in [0.25, 0.3) is 0 Å². The number of aliphatic hydroxyl groups is 1. The average molecular weight is 266 g/mol. The van der Waals surface area contributed by atoms with E-state index in [2.05, 4.69) is 0 Å². The van der Waals surface area contributed by atoms with E-state index in [4.69, 9.17) is 16.2 Å². The number of primary amides is 1. The van der Waals surface area contributed by atoms with Crippen LogP contribution in [0.3, 0.4) is 0 Å². The van der Waals surface area contributed by atoms with Crippen molar-refractivity contribution < 1.29 is 14.6 Å². The van der Waals surface area contributed by atoms with Gasteiger partial charge in [0.2, 0.25) is 5.91 Å². The summed E-state index contributed by atoms with van der Waals surface area (Å²) in [5.41, 5.74) is 11.3. The van der Waals surface area contributed by atoms with Gasteiger partial charge >= 0.3 is 0 Å². The zero-order chi connectivity index (χ0) is 14.3. The highest BCUT2D eigenvalue weighted by Gasteiger charge is 2.10. The highest BCUT2D eigenvalue weighted by atomic mass is 16.5. The Labute approximate surface area is 113 Å². The minimum Gasteiger partial charge on any atom is -0.491 e. The highest BCUT2D eigenvalue weighted by molar-refractivity contribution is 5.73. The van der Waals surface area contributed by atoms with Crippen LogP contribution in [0.5, 0.6) is 5.75 Å². The number of carbonyl (C=O) groups excluding carboxylic acids is 1. The molecule has 0 aromatic heterocycles. The normalized spacial score (nSPS) is 13.8. The summed E-state index contributed by atoms with van der Waals surface area (Å²) in [5, 5.41) is 9.86. The molecule has 5 N–H and O–H groups in total. The van der Waals surface area contributed by atoms with Gasteiger partial charge in [-0.05, 0) is 44.0 Å². The van der Waals surface area contributed by atoms with Crippen LogP contribution in [-0.4, -0.2) is 23.7 Å². The molecule has 0 aliphatic heterocycles.